The number of nitrogens with zero attached hydrogens (tertiary/aromatic N) is 2. The van der Waals surface area contributed by atoms with Gasteiger partial charge in [-0.05, 0) is 25.2 Å². The maximum Gasteiger partial charge on any atom is 0.210 e. The van der Waals surface area contributed by atoms with Crippen LogP contribution in [-0.4, -0.2) is 56.9 Å². The van der Waals surface area contributed by atoms with E-state index in [0.717, 1.165) is 22.6 Å². The number of rotatable bonds is 3. The molecule has 8 heteroatoms. The van der Waals surface area contributed by atoms with E-state index in [-0.39, 0.29) is 16.2 Å². The van der Waals surface area contributed by atoms with Gasteiger partial charge >= 0.3 is 0 Å². The minimum absolute atomic E-state index is 0.0351. The second-order valence-corrected chi connectivity index (χ2v) is 8.48. The van der Waals surface area contributed by atoms with Crippen molar-refractivity contribution in [1.82, 2.24) is 9.88 Å². The normalized spacial score (nSPS) is 20.9. The molecule has 0 saturated carbocycles. The van der Waals surface area contributed by atoms with E-state index >= 15 is 0 Å². The molecule has 2 heterocycles. The fourth-order valence-electron chi connectivity index (χ4n) is 2.34. The monoisotopic (exact) mass is 327 g/mol. The van der Waals surface area contributed by atoms with Gasteiger partial charge in [-0.15, -0.1) is 11.3 Å². The number of thiazole rings is 1. The van der Waals surface area contributed by atoms with Gasteiger partial charge in [-0.1, -0.05) is 0 Å². The lowest BCUT2D eigenvalue weighted by atomic mass is 10.3. The average molecular weight is 327 g/mol. The maximum absolute atomic E-state index is 12.5. The second-order valence-electron chi connectivity index (χ2n) is 5.24. The molecule has 1 atom stereocenters. The number of fused-ring (bicyclic) bond motifs is 1. The molecule has 0 amide bonds. The minimum atomic E-state index is -3.44. The fourth-order valence-corrected chi connectivity index (χ4v) is 5.13. The van der Waals surface area contributed by atoms with Crippen molar-refractivity contribution in [3.63, 3.8) is 0 Å². The Morgan fingerprint density at radius 1 is 1.52 bits per heavy atom. The van der Waals surface area contributed by atoms with Gasteiger partial charge in [-0.25, -0.2) is 13.4 Å². The van der Waals surface area contributed by atoms with Gasteiger partial charge in [0.15, 0.2) is 0 Å². The van der Waals surface area contributed by atoms with Gasteiger partial charge in [-0.3, -0.25) is 0 Å². The van der Waals surface area contributed by atoms with Crippen molar-refractivity contribution in [1.29, 1.82) is 0 Å². The van der Waals surface area contributed by atoms with E-state index < -0.39 is 9.84 Å². The predicted molar refractivity (Wildman–Crippen MR) is 83.3 cm³/mol. The van der Waals surface area contributed by atoms with Crippen molar-refractivity contribution in [3.05, 3.63) is 18.2 Å². The van der Waals surface area contributed by atoms with Gasteiger partial charge in [0.1, 0.15) is 0 Å². The van der Waals surface area contributed by atoms with Gasteiger partial charge < -0.3 is 15.4 Å². The lowest BCUT2D eigenvalue weighted by Gasteiger charge is -2.29. The first-order chi connectivity index (χ1) is 9.94. The van der Waals surface area contributed by atoms with Gasteiger partial charge in [0, 0.05) is 18.8 Å². The number of nitrogen functional groups attached to an aromatic ring is 1. The summed E-state index contributed by atoms with van der Waals surface area (Å²) in [6.07, 6.45) is -0.300. The number of aromatic nitrogens is 1. The third-order valence-corrected chi connectivity index (χ3v) is 6.66. The Balaban J connectivity index is 1.85. The molecule has 1 aromatic heterocycles. The van der Waals surface area contributed by atoms with E-state index in [4.69, 9.17) is 10.5 Å². The van der Waals surface area contributed by atoms with Crippen molar-refractivity contribution in [2.45, 2.75) is 10.4 Å². The molecule has 0 aliphatic carbocycles. The smallest absolute Gasteiger partial charge is 0.210 e. The van der Waals surface area contributed by atoms with E-state index in [9.17, 15) is 8.42 Å². The predicted octanol–water partition coefficient (Wildman–Crippen LogP) is 0.983. The van der Waals surface area contributed by atoms with Crippen LogP contribution in [0.1, 0.15) is 0 Å². The van der Waals surface area contributed by atoms with Crippen LogP contribution in [0.2, 0.25) is 0 Å². The van der Waals surface area contributed by atoms with E-state index in [0.29, 0.717) is 24.4 Å². The zero-order valence-corrected chi connectivity index (χ0v) is 13.3. The average Bonchev–Trinajstić information content (AvgIpc) is 2.82. The number of hydrogen-bond donors (Lipinski definition) is 1. The number of anilines is 1. The van der Waals surface area contributed by atoms with Crippen LogP contribution in [0.4, 0.5) is 5.69 Å². The molecule has 1 aromatic carbocycles. The summed E-state index contributed by atoms with van der Waals surface area (Å²) < 4.78 is 31.4. The molecule has 0 spiro atoms. The molecule has 1 aliphatic rings. The summed E-state index contributed by atoms with van der Waals surface area (Å²) in [6.45, 7) is 2.01. The van der Waals surface area contributed by atoms with Crippen molar-refractivity contribution < 1.29 is 13.2 Å². The summed E-state index contributed by atoms with van der Waals surface area (Å²) in [6, 6.07) is 5.21. The number of nitrogens with two attached hydrogens (primary N) is 1. The van der Waals surface area contributed by atoms with Gasteiger partial charge in [-0.2, -0.15) is 0 Å². The Bertz CT molecular complexity index is 757. The topological polar surface area (TPSA) is 85.5 Å². The highest BCUT2D eigenvalue weighted by atomic mass is 32.2. The van der Waals surface area contributed by atoms with Crippen LogP contribution in [0, 0.1) is 0 Å². The van der Waals surface area contributed by atoms with Gasteiger partial charge in [0.2, 0.25) is 14.2 Å². The van der Waals surface area contributed by atoms with Crippen molar-refractivity contribution in [3.8, 4) is 0 Å². The molecule has 2 N–H and O–H groups in total. The Hall–Kier alpha value is -1.22. The zero-order valence-electron chi connectivity index (χ0n) is 11.7. The quantitative estimate of drug-likeness (QED) is 0.846. The van der Waals surface area contributed by atoms with Crippen molar-refractivity contribution >= 4 is 37.1 Å². The molecule has 1 unspecified atom stereocenters. The van der Waals surface area contributed by atoms with Crippen LogP contribution >= 0.6 is 11.3 Å². The van der Waals surface area contributed by atoms with Crippen LogP contribution < -0.4 is 5.73 Å². The van der Waals surface area contributed by atoms with Crippen molar-refractivity contribution in [2.75, 3.05) is 38.2 Å². The third-order valence-electron chi connectivity index (χ3n) is 3.41. The summed E-state index contributed by atoms with van der Waals surface area (Å²) in [5.74, 6) is -0.0351. The second kappa shape index (κ2) is 5.53. The Morgan fingerprint density at radius 3 is 3.10 bits per heavy atom. The third kappa shape index (κ3) is 3.18. The van der Waals surface area contributed by atoms with E-state index in [1.54, 1.807) is 18.2 Å². The Kier molecular flexibility index (Phi) is 3.87. The van der Waals surface area contributed by atoms with Crippen LogP contribution in [0.15, 0.2) is 22.5 Å². The zero-order chi connectivity index (χ0) is 15.0. The lowest BCUT2D eigenvalue weighted by molar-refractivity contribution is -0.00680. The largest absolute Gasteiger partial charge is 0.399 e. The molecule has 21 heavy (non-hydrogen) atoms. The number of morpholine rings is 1. The van der Waals surface area contributed by atoms with Gasteiger partial charge in [0.05, 0.1) is 28.7 Å². The first kappa shape index (κ1) is 14.7. The first-order valence-electron chi connectivity index (χ1n) is 6.63. The molecule has 2 aromatic rings. The fraction of sp³-hybridized carbons (Fsp3) is 0.462. The molecule has 3 rings (SSSR count). The highest BCUT2D eigenvalue weighted by molar-refractivity contribution is 7.93. The molecular formula is C13H17N3O3S2. The summed E-state index contributed by atoms with van der Waals surface area (Å²) >= 11 is 1.16. The SMILES string of the molecule is CN1CCOC(CS(=O)(=O)c2nc3ccc(N)cc3s2)C1. The minimum Gasteiger partial charge on any atom is -0.399 e. The number of hydrogen-bond acceptors (Lipinski definition) is 7. The molecule has 1 aliphatic heterocycles. The standard InChI is InChI=1S/C13H17N3O3S2/c1-16-4-5-19-10(7-16)8-21(17,18)13-15-11-3-2-9(14)6-12(11)20-13/h2-3,6,10H,4-5,7-8,14H2,1H3. The van der Waals surface area contributed by atoms with Crippen LogP contribution in [0.25, 0.3) is 10.2 Å². The van der Waals surface area contributed by atoms with Crippen LogP contribution in [-0.2, 0) is 14.6 Å². The number of sulfone groups is 1. The van der Waals surface area contributed by atoms with Gasteiger partial charge in [0.25, 0.3) is 0 Å². The Labute approximate surface area is 127 Å². The number of benzene rings is 1. The van der Waals surface area contributed by atoms with E-state index in [2.05, 4.69) is 9.88 Å². The van der Waals surface area contributed by atoms with E-state index in [1.165, 1.54) is 0 Å². The first-order valence-corrected chi connectivity index (χ1v) is 9.10. The summed E-state index contributed by atoms with van der Waals surface area (Å²) in [5, 5.41) is 0. The molecule has 114 valence electrons. The molecule has 0 bridgehead atoms. The molecule has 1 fully saturated rings. The summed E-state index contributed by atoms with van der Waals surface area (Å²) in [4.78, 5) is 6.29. The molecule has 1 saturated heterocycles. The number of likely N-dealkylation sites (N-methyl/N-ethyl adjacent to an activating group) is 1. The summed E-state index contributed by atoms with van der Waals surface area (Å²) in [7, 11) is -1.48. The Morgan fingerprint density at radius 2 is 2.33 bits per heavy atom. The van der Waals surface area contributed by atoms with Crippen molar-refractivity contribution in [2.24, 2.45) is 0 Å². The molecule has 6 nitrogen and oxygen atoms in total. The van der Waals surface area contributed by atoms with Crippen LogP contribution in [0.5, 0.6) is 0 Å². The molecule has 0 radical (unpaired) electrons. The summed E-state index contributed by atoms with van der Waals surface area (Å²) in [5.41, 5.74) is 6.98. The molecular weight excluding hydrogens is 310 g/mol. The highest BCUT2D eigenvalue weighted by Gasteiger charge is 2.28. The van der Waals surface area contributed by atoms with Crippen LogP contribution in [0.3, 0.4) is 0 Å². The highest BCUT2D eigenvalue weighted by Crippen LogP contribution is 2.28. The lowest BCUT2D eigenvalue weighted by Crippen LogP contribution is -2.43. The van der Waals surface area contributed by atoms with E-state index in [1.807, 2.05) is 7.05 Å². The number of ether oxygens (including phenoxy) is 1. The maximum atomic E-state index is 12.5.